The van der Waals surface area contributed by atoms with Crippen molar-refractivity contribution < 1.29 is 13.9 Å². The second kappa shape index (κ2) is 7.21. The summed E-state index contributed by atoms with van der Waals surface area (Å²) in [6.07, 6.45) is 3.30. The lowest BCUT2D eigenvalue weighted by Crippen LogP contribution is -2.44. The highest BCUT2D eigenvalue weighted by Crippen LogP contribution is 2.23. The van der Waals surface area contributed by atoms with E-state index in [1.807, 2.05) is 32.9 Å². The van der Waals surface area contributed by atoms with Crippen molar-refractivity contribution in [1.29, 1.82) is 0 Å². The van der Waals surface area contributed by atoms with Crippen molar-refractivity contribution in [1.82, 2.24) is 4.90 Å². The lowest BCUT2D eigenvalue weighted by atomic mass is 10.0. The number of ether oxygens (including phenoxy) is 1. The van der Waals surface area contributed by atoms with E-state index in [2.05, 4.69) is 29.6 Å². The number of carbonyl (C=O) groups is 1. The zero-order valence-electron chi connectivity index (χ0n) is 15.1. The molecule has 0 atom stereocenters. The predicted octanol–water partition coefficient (Wildman–Crippen LogP) is 4.76. The number of rotatable bonds is 3. The number of likely N-dealkylation sites (tertiary alicyclic amines) is 1. The SMILES string of the molecule is CC(C)(C)OC(=O)N1CCC(Nc2ccc(-c3ccco3)cc2)CC1. The molecule has 3 rings (SSSR count). The molecular formula is C20H26N2O3. The summed E-state index contributed by atoms with van der Waals surface area (Å²) in [5.74, 6) is 0.872. The van der Waals surface area contributed by atoms with Gasteiger partial charge in [0, 0.05) is 30.4 Å². The molecule has 0 radical (unpaired) electrons. The molecule has 25 heavy (non-hydrogen) atoms. The van der Waals surface area contributed by atoms with E-state index >= 15 is 0 Å². The average molecular weight is 342 g/mol. The fraction of sp³-hybridized carbons (Fsp3) is 0.450. The summed E-state index contributed by atoms with van der Waals surface area (Å²) in [7, 11) is 0. The van der Waals surface area contributed by atoms with Gasteiger partial charge in [-0.3, -0.25) is 0 Å². The lowest BCUT2D eigenvalue weighted by molar-refractivity contribution is 0.0210. The Balaban J connectivity index is 1.50. The molecule has 1 fully saturated rings. The monoisotopic (exact) mass is 342 g/mol. The molecule has 1 aliphatic heterocycles. The van der Waals surface area contributed by atoms with Crippen molar-refractivity contribution in [3.8, 4) is 11.3 Å². The number of hydrogen-bond donors (Lipinski definition) is 1. The largest absolute Gasteiger partial charge is 0.464 e. The zero-order chi connectivity index (χ0) is 17.9. The van der Waals surface area contributed by atoms with Crippen LogP contribution in [0.25, 0.3) is 11.3 Å². The molecule has 0 spiro atoms. The first-order valence-corrected chi connectivity index (χ1v) is 8.79. The number of hydrogen-bond acceptors (Lipinski definition) is 4. The molecule has 1 aromatic carbocycles. The molecule has 2 aromatic rings. The first-order chi connectivity index (χ1) is 11.9. The number of nitrogens with zero attached hydrogens (tertiary/aromatic N) is 1. The molecule has 5 nitrogen and oxygen atoms in total. The van der Waals surface area contributed by atoms with Gasteiger partial charge >= 0.3 is 6.09 Å². The van der Waals surface area contributed by atoms with Gasteiger partial charge in [0.2, 0.25) is 0 Å². The van der Waals surface area contributed by atoms with Crippen LogP contribution in [0.3, 0.4) is 0 Å². The summed E-state index contributed by atoms with van der Waals surface area (Å²) >= 11 is 0. The maximum atomic E-state index is 12.1. The Morgan fingerprint density at radius 2 is 1.84 bits per heavy atom. The predicted molar refractivity (Wildman–Crippen MR) is 98.6 cm³/mol. The number of furan rings is 1. The molecule has 5 heteroatoms. The van der Waals surface area contributed by atoms with Crippen molar-refractivity contribution in [3.63, 3.8) is 0 Å². The molecule has 0 saturated carbocycles. The Kier molecular flexibility index (Phi) is 5.02. The van der Waals surface area contributed by atoms with Gasteiger partial charge < -0.3 is 19.4 Å². The highest BCUT2D eigenvalue weighted by Gasteiger charge is 2.26. The van der Waals surface area contributed by atoms with Crippen molar-refractivity contribution in [2.75, 3.05) is 18.4 Å². The fourth-order valence-corrected chi connectivity index (χ4v) is 2.94. The maximum Gasteiger partial charge on any atom is 0.410 e. The summed E-state index contributed by atoms with van der Waals surface area (Å²) in [6, 6.07) is 12.5. The van der Waals surface area contributed by atoms with E-state index < -0.39 is 5.60 Å². The van der Waals surface area contributed by atoms with Crippen LogP contribution in [-0.2, 0) is 4.74 Å². The normalized spacial score (nSPS) is 15.9. The molecule has 0 aliphatic carbocycles. The van der Waals surface area contributed by atoms with Crippen molar-refractivity contribution in [3.05, 3.63) is 42.7 Å². The summed E-state index contributed by atoms with van der Waals surface area (Å²) in [6.45, 7) is 7.12. The fourth-order valence-electron chi connectivity index (χ4n) is 2.94. The Labute approximate surface area is 149 Å². The van der Waals surface area contributed by atoms with Gasteiger partial charge in [-0.15, -0.1) is 0 Å². The Hall–Kier alpha value is -2.43. The van der Waals surface area contributed by atoms with Crippen LogP contribution in [0.15, 0.2) is 47.1 Å². The van der Waals surface area contributed by atoms with Crippen LogP contribution in [-0.4, -0.2) is 35.7 Å². The first kappa shape index (κ1) is 17.4. The van der Waals surface area contributed by atoms with Crippen LogP contribution in [0.2, 0.25) is 0 Å². The molecule has 0 unspecified atom stereocenters. The van der Waals surface area contributed by atoms with Crippen LogP contribution in [0.5, 0.6) is 0 Å². The molecule has 0 bridgehead atoms. The van der Waals surface area contributed by atoms with Crippen molar-refractivity contribution >= 4 is 11.8 Å². The molecule has 1 saturated heterocycles. The van der Waals surface area contributed by atoms with Gasteiger partial charge in [0.1, 0.15) is 11.4 Å². The van der Waals surface area contributed by atoms with Gasteiger partial charge in [-0.1, -0.05) is 0 Å². The third kappa shape index (κ3) is 4.78. The Morgan fingerprint density at radius 1 is 1.16 bits per heavy atom. The summed E-state index contributed by atoms with van der Waals surface area (Å²) in [5, 5.41) is 3.55. The number of amides is 1. The minimum absolute atomic E-state index is 0.214. The third-order valence-electron chi connectivity index (χ3n) is 4.21. The number of nitrogens with one attached hydrogen (secondary N) is 1. The highest BCUT2D eigenvalue weighted by atomic mass is 16.6. The molecule has 2 heterocycles. The third-order valence-corrected chi connectivity index (χ3v) is 4.21. The van der Waals surface area contributed by atoms with E-state index in [0.29, 0.717) is 6.04 Å². The summed E-state index contributed by atoms with van der Waals surface area (Å²) in [4.78, 5) is 13.9. The van der Waals surface area contributed by atoms with Crippen LogP contribution in [0.4, 0.5) is 10.5 Å². The van der Waals surface area contributed by atoms with E-state index in [9.17, 15) is 4.79 Å². The second-order valence-electron chi connectivity index (χ2n) is 7.44. The quantitative estimate of drug-likeness (QED) is 0.874. The van der Waals surface area contributed by atoms with Crippen LogP contribution in [0, 0.1) is 0 Å². The zero-order valence-corrected chi connectivity index (χ0v) is 15.1. The van der Waals surface area contributed by atoms with Crippen molar-refractivity contribution in [2.24, 2.45) is 0 Å². The Bertz CT molecular complexity index is 679. The average Bonchev–Trinajstić information content (AvgIpc) is 3.09. The number of benzene rings is 1. The molecular weight excluding hydrogens is 316 g/mol. The smallest absolute Gasteiger partial charge is 0.410 e. The maximum absolute atomic E-state index is 12.1. The molecule has 1 aromatic heterocycles. The second-order valence-corrected chi connectivity index (χ2v) is 7.44. The van der Waals surface area contributed by atoms with Gasteiger partial charge in [-0.25, -0.2) is 4.79 Å². The van der Waals surface area contributed by atoms with E-state index in [0.717, 1.165) is 42.9 Å². The van der Waals surface area contributed by atoms with E-state index in [1.165, 1.54) is 0 Å². The van der Waals surface area contributed by atoms with Crippen molar-refractivity contribution in [2.45, 2.75) is 45.3 Å². The van der Waals surface area contributed by atoms with Crippen LogP contribution < -0.4 is 5.32 Å². The van der Waals surface area contributed by atoms with Crippen LogP contribution >= 0.6 is 0 Å². The molecule has 134 valence electrons. The van der Waals surface area contributed by atoms with Crippen LogP contribution in [0.1, 0.15) is 33.6 Å². The first-order valence-electron chi connectivity index (χ1n) is 8.79. The highest BCUT2D eigenvalue weighted by molar-refractivity contribution is 5.68. The molecule has 1 N–H and O–H groups in total. The summed E-state index contributed by atoms with van der Waals surface area (Å²) < 4.78 is 10.8. The van der Waals surface area contributed by atoms with E-state index in [-0.39, 0.29) is 6.09 Å². The molecule has 1 amide bonds. The Morgan fingerprint density at radius 3 is 2.40 bits per heavy atom. The van der Waals surface area contributed by atoms with Gasteiger partial charge in [-0.05, 0) is 70.0 Å². The van der Waals surface area contributed by atoms with Gasteiger partial charge in [0.15, 0.2) is 0 Å². The lowest BCUT2D eigenvalue weighted by Gasteiger charge is -2.34. The van der Waals surface area contributed by atoms with E-state index in [4.69, 9.17) is 9.15 Å². The number of piperidine rings is 1. The van der Waals surface area contributed by atoms with E-state index in [1.54, 1.807) is 11.2 Å². The molecule has 1 aliphatic rings. The topological polar surface area (TPSA) is 54.7 Å². The summed E-state index contributed by atoms with van der Waals surface area (Å²) in [5.41, 5.74) is 1.71. The number of carbonyl (C=O) groups excluding carboxylic acids is 1. The number of anilines is 1. The standard InChI is InChI=1S/C20H26N2O3/c1-20(2,3)25-19(23)22-12-10-17(11-13-22)21-16-8-6-15(7-9-16)18-5-4-14-24-18/h4-9,14,17,21H,10-13H2,1-3H3. The van der Waals surface area contributed by atoms with Gasteiger partial charge in [0.05, 0.1) is 6.26 Å². The van der Waals surface area contributed by atoms with Gasteiger partial charge in [0.25, 0.3) is 0 Å². The minimum Gasteiger partial charge on any atom is -0.464 e. The van der Waals surface area contributed by atoms with Gasteiger partial charge in [-0.2, -0.15) is 0 Å². The minimum atomic E-state index is -0.443.